The fraction of sp³-hybridized carbons (Fsp3) is 0.429. The van der Waals surface area contributed by atoms with Gasteiger partial charge in [-0.25, -0.2) is 4.79 Å². The molecule has 0 bridgehead atoms. The topological polar surface area (TPSA) is 108 Å². The predicted molar refractivity (Wildman–Crippen MR) is 78.2 cm³/mol. The van der Waals surface area contributed by atoms with Gasteiger partial charge in [-0.3, -0.25) is 14.9 Å². The van der Waals surface area contributed by atoms with Gasteiger partial charge in [0.15, 0.2) is 5.75 Å². The first-order chi connectivity index (χ1) is 10.2. The first-order valence-electron chi connectivity index (χ1n) is 6.56. The Kier molecular flexibility index (Phi) is 5.85. The quantitative estimate of drug-likeness (QED) is 0.374. The Morgan fingerprint density at radius 2 is 2.09 bits per heavy atom. The van der Waals surface area contributed by atoms with Crippen molar-refractivity contribution in [2.24, 2.45) is 0 Å². The third-order valence-corrected chi connectivity index (χ3v) is 2.34. The molecule has 0 aliphatic rings. The summed E-state index contributed by atoms with van der Waals surface area (Å²) in [5, 5.41) is 13.3. The molecule has 0 aliphatic carbocycles. The second-order valence-corrected chi connectivity index (χ2v) is 5.38. The van der Waals surface area contributed by atoms with E-state index >= 15 is 0 Å². The third kappa shape index (κ3) is 5.78. The average Bonchev–Trinajstić information content (AvgIpc) is 2.41. The third-order valence-electron chi connectivity index (χ3n) is 2.34. The van der Waals surface area contributed by atoms with Crippen LogP contribution in [0.3, 0.4) is 0 Å². The van der Waals surface area contributed by atoms with Gasteiger partial charge >= 0.3 is 11.8 Å². The molecule has 0 heterocycles. The molecule has 1 rings (SSSR count). The molecule has 0 fully saturated rings. The van der Waals surface area contributed by atoms with Gasteiger partial charge in [0.1, 0.15) is 18.5 Å². The van der Waals surface area contributed by atoms with Crippen LogP contribution in [-0.4, -0.2) is 36.1 Å². The van der Waals surface area contributed by atoms with E-state index in [9.17, 15) is 19.7 Å². The van der Waals surface area contributed by atoms with Crippen LogP contribution in [0, 0.1) is 10.1 Å². The summed E-state index contributed by atoms with van der Waals surface area (Å²) in [7, 11) is 0. The zero-order chi connectivity index (χ0) is 16.8. The Labute approximate surface area is 127 Å². The molecule has 0 aliphatic heterocycles. The minimum absolute atomic E-state index is 0.00237. The molecule has 0 spiro atoms. The highest BCUT2D eigenvalue weighted by Crippen LogP contribution is 2.27. The van der Waals surface area contributed by atoms with Crippen LogP contribution < -0.4 is 10.1 Å². The second-order valence-electron chi connectivity index (χ2n) is 5.38. The number of ether oxygens (including phenoxy) is 2. The first-order valence-corrected chi connectivity index (χ1v) is 6.56. The van der Waals surface area contributed by atoms with Gasteiger partial charge in [-0.15, -0.1) is 0 Å². The van der Waals surface area contributed by atoms with Crippen molar-refractivity contribution in [1.82, 2.24) is 5.32 Å². The molecule has 120 valence electrons. The summed E-state index contributed by atoms with van der Waals surface area (Å²) in [5.74, 6) is -0.0272. The standard InChI is InChI=1S/C14H18N2O6/c1-14(2,3)22-13(18)15-6-7-21-12-8-10(9-17)4-5-11(12)16(19)20/h4-5,8-9H,6-7H2,1-3H3,(H,15,18). The van der Waals surface area contributed by atoms with Crippen LogP contribution in [0.2, 0.25) is 0 Å². The minimum Gasteiger partial charge on any atom is -0.485 e. The van der Waals surface area contributed by atoms with Gasteiger partial charge in [-0.2, -0.15) is 0 Å². The van der Waals surface area contributed by atoms with Crippen molar-refractivity contribution in [1.29, 1.82) is 0 Å². The highest BCUT2D eigenvalue weighted by molar-refractivity contribution is 5.77. The number of hydrogen-bond donors (Lipinski definition) is 1. The van der Waals surface area contributed by atoms with Gasteiger partial charge in [-0.05, 0) is 32.9 Å². The lowest BCUT2D eigenvalue weighted by Gasteiger charge is -2.19. The number of hydrogen-bond acceptors (Lipinski definition) is 6. The molecule has 1 aromatic rings. The predicted octanol–water partition coefficient (Wildman–Crippen LogP) is 2.31. The lowest BCUT2D eigenvalue weighted by molar-refractivity contribution is -0.385. The molecule has 1 aromatic carbocycles. The van der Waals surface area contributed by atoms with Gasteiger partial charge in [0.25, 0.3) is 0 Å². The number of rotatable bonds is 6. The van der Waals surface area contributed by atoms with Gasteiger partial charge in [0.2, 0.25) is 0 Å². The van der Waals surface area contributed by atoms with Crippen LogP contribution >= 0.6 is 0 Å². The molecule has 1 amide bonds. The monoisotopic (exact) mass is 310 g/mol. The number of amides is 1. The molecule has 0 radical (unpaired) electrons. The number of nitrogens with zero attached hydrogens (tertiary/aromatic N) is 1. The van der Waals surface area contributed by atoms with Crippen LogP contribution in [0.25, 0.3) is 0 Å². The first kappa shape index (κ1) is 17.4. The Morgan fingerprint density at radius 1 is 1.41 bits per heavy atom. The fourth-order valence-corrected chi connectivity index (χ4v) is 1.50. The SMILES string of the molecule is CC(C)(C)OC(=O)NCCOc1cc(C=O)ccc1[N+](=O)[O-]. The van der Waals surface area contributed by atoms with Crippen molar-refractivity contribution in [3.63, 3.8) is 0 Å². The molecule has 0 saturated heterocycles. The fourth-order valence-electron chi connectivity index (χ4n) is 1.50. The lowest BCUT2D eigenvalue weighted by Crippen LogP contribution is -2.34. The van der Waals surface area contributed by atoms with Crippen molar-refractivity contribution in [3.8, 4) is 5.75 Å². The summed E-state index contributed by atoms with van der Waals surface area (Å²) in [6.45, 7) is 5.31. The van der Waals surface area contributed by atoms with E-state index < -0.39 is 16.6 Å². The van der Waals surface area contributed by atoms with Crippen molar-refractivity contribution < 1.29 is 24.0 Å². The normalized spacial score (nSPS) is 10.7. The lowest BCUT2D eigenvalue weighted by atomic mass is 10.2. The largest absolute Gasteiger partial charge is 0.485 e. The molecular weight excluding hydrogens is 292 g/mol. The Hall–Kier alpha value is -2.64. The molecule has 22 heavy (non-hydrogen) atoms. The molecule has 8 heteroatoms. The van der Waals surface area contributed by atoms with Gasteiger partial charge in [0.05, 0.1) is 11.5 Å². The van der Waals surface area contributed by atoms with E-state index in [1.54, 1.807) is 20.8 Å². The zero-order valence-corrected chi connectivity index (χ0v) is 12.6. The van der Waals surface area contributed by atoms with Crippen molar-refractivity contribution in [2.45, 2.75) is 26.4 Å². The van der Waals surface area contributed by atoms with E-state index in [0.717, 1.165) is 0 Å². The van der Waals surface area contributed by atoms with E-state index in [1.165, 1.54) is 18.2 Å². The van der Waals surface area contributed by atoms with E-state index in [1.807, 2.05) is 0 Å². The maximum absolute atomic E-state index is 11.4. The summed E-state index contributed by atoms with van der Waals surface area (Å²) in [6, 6.07) is 3.80. The van der Waals surface area contributed by atoms with Crippen molar-refractivity contribution in [2.75, 3.05) is 13.2 Å². The van der Waals surface area contributed by atoms with Gasteiger partial charge in [0, 0.05) is 11.6 Å². The molecular formula is C14H18N2O6. The van der Waals surface area contributed by atoms with Gasteiger partial charge < -0.3 is 14.8 Å². The summed E-state index contributed by atoms with van der Waals surface area (Å²) in [6.07, 6.45) is -0.0394. The Balaban J connectivity index is 2.56. The van der Waals surface area contributed by atoms with E-state index in [0.29, 0.717) is 6.29 Å². The molecule has 8 nitrogen and oxygen atoms in total. The number of nitro groups is 1. The Morgan fingerprint density at radius 3 is 2.64 bits per heavy atom. The van der Waals surface area contributed by atoms with Crippen molar-refractivity contribution in [3.05, 3.63) is 33.9 Å². The van der Waals surface area contributed by atoms with E-state index in [2.05, 4.69) is 5.32 Å². The maximum Gasteiger partial charge on any atom is 0.407 e. The molecule has 0 unspecified atom stereocenters. The summed E-state index contributed by atoms with van der Waals surface area (Å²) >= 11 is 0. The van der Waals surface area contributed by atoms with Gasteiger partial charge in [-0.1, -0.05) is 0 Å². The van der Waals surface area contributed by atoms with E-state index in [-0.39, 0.29) is 30.2 Å². The summed E-state index contributed by atoms with van der Waals surface area (Å²) < 4.78 is 10.3. The Bertz CT molecular complexity index is 565. The molecule has 0 atom stereocenters. The highest BCUT2D eigenvalue weighted by Gasteiger charge is 2.17. The number of carbonyl (C=O) groups is 2. The number of carbonyl (C=O) groups excluding carboxylic acids is 2. The molecule has 1 N–H and O–H groups in total. The number of alkyl carbamates (subject to hydrolysis) is 1. The van der Waals surface area contributed by atoms with Crippen molar-refractivity contribution >= 4 is 18.1 Å². The van der Waals surface area contributed by atoms with E-state index in [4.69, 9.17) is 9.47 Å². The average molecular weight is 310 g/mol. The summed E-state index contributed by atoms with van der Waals surface area (Å²) in [5.41, 5.74) is -0.592. The zero-order valence-electron chi connectivity index (χ0n) is 12.6. The van der Waals surface area contributed by atoms with Crippen LogP contribution in [0.4, 0.5) is 10.5 Å². The van der Waals surface area contributed by atoms with Crippen LogP contribution in [0.5, 0.6) is 5.75 Å². The van der Waals surface area contributed by atoms with Crippen LogP contribution in [0.1, 0.15) is 31.1 Å². The molecule has 0 saturated carbocycles. The highest BCUT2D eigenvalue weighted by atomic mass is 16.6. The number of aldehydes is 1. The number of benzene rings is 1. The molecule has 0 aromatic heterocycles. The smallest absolute Gasteiger partial charge is 0.407 e. The second kappa shape index (κ2) is 7.39. The number of nitrogens with one attached hydrogen (secondary N) is 1. The maximum atomic E-state index is 11.4. The number of nitro benzene ring substituents is 1. The van der Waals surface area contributed by atoms with Crippen LogP contribution in [0.15, 0.2) is 18.2 Å². The minimum atomic E-state index is -0.609. The van der Waals surface area contributed by atoms with Crippen LogP contribution in [-0.2, 0) is 4.74 Å². The summed E-state index contributed by atoms with van der Waals surface area (Å²) in [4.78, 5) is 32.4.